The summed E-state index contributed by atoms with van der Waals surface area (Å²) in [6.07, 6.45) is 2.18. The monoisotopic (exact) mass is 566 g/mol. The van der Waals surface area contributed by atoms with Gasteiger partial charge in [-0.05, 0) is 63.9 Å². The van der Waals surface area contributed by atoms with E-state index < -0.39 is 11.3 Å². The molecule has 1 aromatic carbocycles. The molecule has 0 aliphatic carbocycles. The third-order valence-electron chi connectivity index (χ3n) is 8.91. The number of likely N-dealkylation sites (tertiary alicyclic amines) is 1. The van der Waals surface area contributed by atoms with Gasteiger partial charge in [-0.3, -0.25) is 24.0 Å². The maximum absolute atomic E-state index is 13.5. The van der Waals surface area contributed by atoms with E-state index in [0.717, 1.165) is 22.6 Å². The molecule has 0 unspecified atom stereocenters. The van der Waals surface area contributed by atoms with E-state index in [4.69, 9.17) is 9.72 Å². The number of aryl methyl sites for hydroxylation is 2. The van der Waals surface area contributed by atoms with Gasteiger partial charge in [-0.25, -0.2) is 13.8 Å². The molecule has 0 spiro atoms. The number of carbonyl (C=O) groups excluding carboxylic acids is 1. The Bertz CT molecular complexity index is 1580. The molecule has 1 amide bonds. The van der Waals surface area contributed by atoms with Gasteiger partial charge in [-0.2, -0.15) is 0 Å². The van der Waals surface area contributed by atoms with Crippen molar-refractivity contribution < 1.29 is 18.3 Å². The minimum absolute atomic E-state index is 0.0187. The number of halogens is 2. The van der Waals surface area contributed by atoms with Gasteiger partial charge in [0.25, 0.3) is 11.5 Å². The molecular weight excluding hydrogens is 530 g/mol. The number of benzene rings is 1. The summed E-state index contributed by atoms with van der Waals surface area (Å²) >= 11 is 0. The molecule has 6 rings (SSSR count). The molecular formula is C30H36F2N6O3. The number of fused-ring (bicyclic) bond motifs is 2. The molecule has 3 aliphatic heterocycles. The average Bonchev–Trinajstić information content (AvgIpc) is 3.10. The van der Waals surface area contributed by atoms with E-state index in [2.05, 4.69) is 9.88 Å². The number of morpholine rings is 1. The lowest BCUT2D eigenvalue weighted by Crippen LogP contribution is -2.64. The first-order valence-corrected chi connectivity index (χ1v) is 14.1. The number of hydrogen-bond donors (Lipinski definition) is 0. The Kier molecular flexibility index (Phi) is 6.65. The van der Waals surface area contributed by atoms with E-state index in [9.17, 15) is 18.4 Å². The second kappa shape index (κ2) is 9.84. The van der Waals surface area contributed by atoms with Crippen molar-refractivity contribution in [2.75, 3.05) is 49.6 Å². The standard InChI is InChI=1S/C30H36F2N6O3/c1-18(37-16-30(31,32)17-37)25-15-36(10-11-41-25)21-6-7-22-23(13-21)34-19(2)38(27(22)39)9-8-20-12-24-26(33-14-20)29(3,4)28(40)35(24)5/h6-7,12-14,18,25H,8-11,15-17H2,1-5H3/t18-,25+/m0/s1. The van der Waals surface area contributed by atoms with Gasteiger partial charge in [-0.15, -0.1) is 0 Å². The van der Waals surface area contributed by atoms with Crippen LogP contribution in [0.3, 0.4) is 0 Å². The smallest absolute Gasteiger partial charge is 0.272 e. The summed E-state index contributed by atoms with van der Waals surface area (Å²) in [5.41, 5.74) is 3.34. The average molecular weight is 567 g/mol. The normalized spacial score (nSPS) is 22.6. The highest BCUT2D eigenvalue weighted by Crippen LogP contribution is 2.39. The third-order valence-corrected chi connectivity index (χ3v) is 8.91. The Morgan fingerprint density at radius 3 is 2.66 bits per heavy atom. The molecule has 218 valence electrons. The van der Waals surface area contributed by atoms with Gasteiger partial charge in [0.05, 0.1) is 53.5 Å². The number of pyridine rings is 1. The Morgan fingerprint density at radius 2 is 1.93 bits per heavy atom. The fraction of sp³-hybridized carbons (Fsp3) is 0.533. The molecule has 0 bridgehead atoms. The van der Waals surface area contributed by atoms with Crippen LogP contribution in [0.5, 0.6) is 0 Å². The molecule has 3 aromatic rings. The quantitative estimate of drug-likeness (QED) is 0.453. The van der Waals surface area contributed by atoms with Crippen LogP contribution < -0.4 is 15.4 Å². The van der Waals surface area contributed by atoms with E-state index in [0.29, 0.717) is 49.4 Å². The van der Waals surface area contributed by atoms with Crippen LogP contribution in [0.15, 0.2) is 35.3 Å². The third kappa shape index (κ3) is 4.78. The fourth-order valence-electron chi connectivity index (χ4n) is 6.29. The van der Waals surface area contributed by atoms with Crippen LogP contribution in [0.25, 0.3) is 10.9 Å². The van der Waals surface area contributed by atoms with Crippen LogP contribution in [-0.2, 0) is 27.9 Å². The van der Waals surface area contributed by atoms with Crippen LogP contribution >= 0.6 is 0 Å². The Balaban J connectivity index is 1.18. The van der Waals surface area contributed by atoms with Crippen molar-refractivity contribution in [2.45, 2.75) is 64.1 Å². The number of likely N-dealkylation sites (N-methyl/N-ethyl adjacent to an activating group) is 1. The van der Waals surface area contributed by atoms with Gasteiger partial charge < -0.3 is 14.5 Å². The first-order chi connectivity index (χ1) is 19.4. The Hall–Kier alpha value is -3.44. The van der Waals surface area contributed by atoms with Crippen molar-refractivity contribution in [3.8, 4) is 0 Å². The number of carbonyl (C=O) groups is 1. The van der Waals surface area contributed by atoms with Gasteiger partial charge in [-0.1, -0.05) is 0 Å². The molecule has 9 nitrogen and oxygen atoms in total. The topological polar surface area (TPSA) is 83.8 Å². The predicted molar refractivity (Wildman–Crippen MR) is 153 cm³/mol. The summed E-state index contributed by atoms with van der Waals surface area (Å²) in [5.74, 6) is -1.97. The minimum atomic E-state index is -2.61. The number of nitrogens with zero attached hydrogens (tertiary/aromatic N) is 6. The zero-order valence-electron chi connectivity index (χ0n) is 24.2. The van der Waals surface area contributed by atoms with Crippen LogP contribution in [0, 0.1) is 6.92 Å². The lowest BCUT2D eigenvalue weighted by molar-refractivity contribution is -0.162. The molecule has 2 saturated heterocycles. The number of hydrogen-bond acceptors (Lipinski definition) is 7. The molecule has 0 radical (unpaired) electrons. The molecule has 0 N–H and O–H groups in total. The van der Waals surface area contributed by atoms with Gasteiger partial charge >= 0.3 is 0 Å². The molecule has 0 saturated carbocycles. The van der Waals surface area contributed by atoms with Gasteiger partial charge in [0.2, 0.25) is 5.91 Å². The molecule has 2 atom stereocenters. The van der Waals surface area contributed by atoms with Crippen molar-refractivity contribution in [3.05, 3.63) is 57.9 Å². The Morgan fingerprint density at radius 1 is 1.17 bits per heavy atom. The lowest BCUT2D eigenvalue weighted by atomic mass is 9.90. The number of amides is 1. The van der Waals surface area contributed by atoms with Crippen molar-refractivity contribution in [2.24, 2.45) is 0 Å². The number of rotatable bonds is 6. The Labute approximate surface area is 237 Å². The van der Waals surface area contributed by atoms with E-state index in [-0.39, 0.29) is 36.7 Å². The van der Waals surface area contributed by atoms with Crippen molar-refractivity contribution >= 4 is 28.2 Å². The molecule has 2 aromatic heterocycles. The van der Waals surface area contributed by atoms with Crippen molar-refractivity contribution in [1.82, 2.24) is 19.4 Å². The minimum Gasteiger partial charge on any atom is -0.373 e. The highest BCUT2D eigenvalue weighted by Gasteiger charge is 2.48. The molecule has 5 heterocycles. The SMILES string of the molecule is Cc1nc2cc(N3CCO[C@@H]([C@H](C)N4CC(F)(F)C4)C3)ccc2c(=O)n1CCc1cnc2c(c1)N(C)C(=O)C2(C)C. The maximum Gasteiger partial charge on any atom is 0.272 e. The maximum atomic E-state index is 13.5. The zero-order valence-corrected chi connectivity index (χ0v) is 24.2. The fourth-order valence-corrected chi connectivity index (χ4v) is 6.29. The number of ether oxygens (including phenoxy) is 1. The second-order valence-electron chi connectivity index (χ2n) is 12.1. The molecule has 3 aliphatic rings. The van der Waals surface area contributed by atoms with E-state index in [1.54, 1.807) is 27.6 Å². The van der Waals surface area contributed by atoms with Crippen LogP contribution in [0.1, 0.15) is 37.9 Å². The number of aromatic nitrogens is 3. The van der Waals surface area contributed by atoms with E-state index in [1.807, 2.05) is 52.0 Å². The first-order valence-electron chi connectivity index (χ1n) is 14.1. The van der Waals surface area contributed by atoms with Gasteiger partial charge in [0.1, 0.15) is 5.82 Å². The second-order valence-corrected chi connectivity index (χ2v) is 12.1. The molecule has 11 heteroatoms. The summed E-state index contributed by atoms with van der Waals surface area (Å²) < 4.78 is 34.4. The highest BCUT2D eigenvalue weighted by atomic mass is 19.3. The van der Waals surface area contributed by atoms with Crippen molar-refractivity contribution in [1.29, 1.82) is 0 Å². The number of anilines is 2. The summed E-state index contributed by atoms with van der Waals surface area (Å²) in [6, 6.07) is 7.55. The summed E-state index contributed by atoms with van der Waals surface area (Å²) in [4.78, 5) is 41.1. The van der Waals surface area contributed by atoms with Crippen LogP contribution in [0.4, 0.5) is 20.2 Å². The van der Waals surface area contributed by atoms with E-state index >= 15 is 0 Å². The summed E-state index contributed by atoms with van der Waals surface area (Å²) in [7, 11) is 1.77. The zero-order chi connectivity index (χ0) is 29.3. The van der Waals surface area contributed by atoms with Crippen molar-refractivity contribution in [3.63, 3.8) is 0 Å². The molecule has 2 fully saturated rings. The lowest BCUT2D eigenvalue weighted by Gasteiger charge is -2.47. The molecule has 41 heavy (non-hydrogen) atoms. The van der Waals surface area contributed by atoms with Gasteiger partial charge in [0.15, 0.2) is 0 Å². The van der Waals surface area contributed by atoms with Crippen LogP contribution in [0.2, 0.25) is 0 Å². The predicted octanol–water partition coefficient (Wildman–Crippen LogP) is 3.14. The highest BCUT2D eigenvalue weighted by molar-refractivity contribution is 6.06. The first kappa shape index (κ1) is 27.7. The van der Waals surface area contributed by atoms with Crippen LogP contribution in [-0.4, -0.2) is 83.2 Å². The van der Waals surface area contributed by atoms with E-state index in [1.165, 1.54) is 0 Å². The summed E-state index contributed by atoms with van der Waals surface area (Å²) in [6.45, 7) is 9.29. The number of alkyl halides is 2. The largest absolute Gasteiger partial charge is 0.373 e. The summed E-state index contributed by atoms with van der Waals surface area (Å²) in [5, 5.41) is 0.541. The van der Waals surface area contributed by atoms with Gasteiger partial charge in [0, 0.05) is 44.6 Å².